The Morgan fingerprint density at radius 2 is 1.87 bits per heavy atom. The van der Waals surface area contributed by atoms with Gasteiger partial charge in [0.2, 0.25) is 5.91 Å². The summed E-state index contributed by atoms with van der Waals surface area (Å²) in [7, 11) is 0. The van der Waals surface area contributed by atoms with E-state index >= 15 is 0 Å². The molecule has 1 heterocycles. The molecule has 0 aliphatic heterocycles. The largest absolute Gasteiger partial charge is 0.431 e. The number of fused-ring (bicyclic) bond motifs is 1. The van der Waals surface area contributed by atoms with Crippen LogP contribution in [0, 0.1) is 0 Å². The molecule has 0 aliphatic rings. The maximum absolute atomic E-state index is 11.8. The minimum absolute atomic E-state index is 0.0598. The number of para-hydroxylation sites is 2. The lowest BCUT2D eigenvalue weighted by Crippen LogP contribution is -2.25. The van der Waals surface area contributed by atoms with E-state index in [-0.39, 0.29) is 5.91 Å². The van der Waals surface area contributed by atoms with Crippen molar-refractivity contribution >= 4 is 28.8 Å². The molecular formula is C18H18N2O2S. The van der Waals surface area contributed by atoms with E-state index < -0.39 is 0 Å². The molecule has 3 rings (SSSR count). The number of rotatable bonds is 7. The van der Waals surface area contributed by atoms with Gasteiger partial charge < -0.3 is 9.73 Å². The number of hydrogen-bond donors (Lipinski definition) is 1. The maximum Gasteiger partial charge on any atom is 0.256 e. The molecule has 0 spiro atoms. The van der Waals surface area contributed by atoms with Crippen molar-refractivity contribution in [3.05, 3.63) is 60.2 Å². The van der Waals surface area contributed by atoms with E-state index in [0.29, 0.717) is 23.9 Å². The van der Waals surface area contributed by atoms with Crippen LogP contribution in [0.15, 0.2) is 64.2 Å². The van der Waals surface area contributed by atoms with Gasteiger partial charge >= 0.3 is 0 Å². The summed E-state index contributed by atoms with van der Waals surface area (Å²) in [4.78, 5) is 16.2. The summed E-state index contributed by atoms with van der Waals surface area (Å²) in [5, 5.41) is 3.55. The van der Waals surface area contributed by atoms with Crippen LogP contribution < -0.4 is 5.32 Å². The number of thioether (sulfide) groups is 1. The highest BCUT2D eigenvalue weighted by atomic mass is 32.2. The molecule has 23 heavy (non-hydrogen) atoms. The predicted octanol–water partition coefficient (Wildman–Crippen LogP) is 3.67. The highest BCUT2D eigenvalue weighted by molar-refractivity contribution is 7.99. The summed E-state index contributed by atoms with van der Waals surface area (Å²) < 4.78 is 5.61. The quantitative estimate of drug-likeness (QED) is 0.673. The van der Waals surface area contributed by atoms with Gasteiger partial charge in [-0.25, -0.2) is 4.98 Å². The zero-order valence-electron chi connectivity index (χ0n) is 12.7. The number of carbonyl (C=O) groups is 1. The molecule has 1 N–H and O–H groups in total. The highest BCUT2D eigenvalue weighted by Gasteiger charge is 2.07. The van der Waals surface area contributed by atoms with Crippen molar-refractivity contribution in [2.75, 3.05) is 12.3 Å². The standard InChI is InChI=1S/C18H18N2O2S/c21-17(19-12-10-14-6-2-1-3-7-14)11-13-23-18-20-15-8-4-5-9-16(15)22-18/h1-9H,10-13H2,(H,19,21). The van der Waals surface area contributed by atoms with E-state index in [1.807, 2.05) is 42.5 Å². The number of nitrogens with one attached hydrogen (secondary N) is 1. The summed E-state index contributed by atoms with van der Waals surface area (Å²) >= 11 is 1.47. The molecule has 5 heteroatoms. The van der Waals surface area contributed by atoms with E-state index in [4.69, 9.17) is 4.42 Å². The monoisotopic (exact) mass is 326 g/mol. The number of benzene rings is 2. The van der Waals surface area contributed by atoms with Crippen molar-refractivity contribution in [1.29, 1.82) is 0 Å². The fourth-order valence-electron chi connectivity index (χ4n) is 2.22. The van der Waals surface area contributed by atoms with Crippen LogP contribution in [0.25, 0.3) is 11.1 Å². The molecule has 2 aromatic carbocycles. The lowest BCUT2D eigenvalue weighted by atomic mass is 10.1. The molecule has 0 unspecified atom stereocenters. The highest BCUT2D eigenvalue weighted by Crippen LogP contribution is 2.23. The number of hydrogen-bond acceptors (Lipinski definition) is 4. The molecular weight excluding hydrogens is 308 g/mol. The fraction of sp³-hybridized carbons (Fsp3) is 0.222. The van der Waals surface area contributed by atoms with Crippen LogP contribution in [0.1, 0.15) is 12.0 Å². The Hall–Kier alpha value is -2.27. The lowest BCUT2D eigenvalue weighted by Gasteiger charge is -2.04. The molecule has 3 aromatic rings. The lowest BCUT2D eigenvalue weighted by molar-refractivity contribution is -0.120. The Labute approximate surface area is 139 Å². The maximum atomic E-state index is 11.8. The number of aromatic nitrogens is 1. The van der Waals surface area contributed by atoms with Crippen molar-refractivity contribution in [3.8, 4) is 0 Å². The van der Waals surface area contributed by atoms with Gasteiger partial charge in [-0.05, 0) is 24.1 Å². The third kappa shape index (κ3) is 4.60. The number of amides is 1. The average Bonchev–Trinajstić information content (AvgIpc) is 2.98. The van der Waals surface area contributed by atoms with Crippen molar-refractivity contribution in [3.63, 3.8) is 0 Å². The predicted molar refractivity (Wildman–Crippen MR) is 92.5 cm³/mol. The molecule has 0 fully saturated rings. The Bertz CT molecular complexity index is 738. The van der Waals surface area contributed by atoms with Gasteiger partial charge in [0.25, 0.3) is 5.22 Å². The van der Waals surface area contributed by atoms with Crippen LogP contribution in [0.2, 0.25) is 0 Å². The van der Waals surface area contributed by atoms with Crippen LogP contribution in [0.4, 0.5) is 0 Å². The normalized spacial score (nSPS) is 10.8. The molecule has 118 valence electrons. The molecule has 0 saturated heterocycles. The second-order valence-electron chi connectivity index (χ2n) is 5.13. The topological polar surface area (TPSA) is 55.1 Å². The van der Waals surface area contributed by atoms with E-state index in [2.05, 4.69) is 22.4 Å². The third-order valence-electron chi connectivity index (χ3n) is 3.41. The first-order valence-corrected chi connectivity index (χ1v) is 8.59. The van der Waals surface area contributed by atoms with Gasteiger partial charge in [0.1, 0.15) is 5.52 Å². The van der Waals surface area contributed by atoms with Crippen molar-refractivity contribution in [2.24, 2.45) is 0 Å². The van der Waals surface area contributed by atoms with Crippen LogP contribution in [0.3, 0.4) is 0 Å². The smallest absolute Gasteiger partial charge is 0.256 e. The molecule has 1 amide bonds. The van der Waals surface area contributed by atoms with E-state index in [9.17, 15) is 4.79 Å². The summed E-state index contributed by atoms with van der Waals surface area (Å²) in [5.41, 5.74) is 2.86. The first kappa shape index (κ1) is 15.6. The Balaban J connectivity index is 1.37. The van der Waals surface area contributed by atoms with Gasteiger partial charge in [-0.15, -0.1) is 0 Å². The number of oxazole rings is 1. The summed E-state index contributed by atoms with van der Waals surface area (Å²) in [6.45, 7) is 0.663. The molecule has 0 saturated carbocycles. The van der Waals surface area contributed by atoms with Crippen molar-refractivity contribution in [2.45, 2.75) is 18.1 Å². The van der Waals surface area contributed by atoms with E-state index in [0.717, 1.165) is 17.5 Å². The minimum atomic E-state index is 0.0598. The Kier molecular flexibility index (Phi) is 5.32. The molecule has 0 atom stereocenters. The minimum Gasteiger partial charge on any atom is -0.431 e. The SMILES string of the molecule is O=C(CCSc1nc2ccccc2o1)NCCc1ccccc1. The van der Waals surface area contributed by atoms with Gasteiger partial charge in [0.15, 0.2) is 5.58 Å². The third-order valence-corrected chi connectivity index (χ3v) is 4.24. The van der Waals surface area contributed by atoms with Crippen LogP contribution in [-0.4, -0.2) is 23.2 Å². The van der Waals surface area contributed by atoms with Gasteiger partial charge in [-0.3, -0.25) is 4.79 Å². The first-order chi connectivity index (χ1) is 11.3. The molecule has 4 nitrogen and oxygen atoms in total. The van der Waals surface area contributed by atoms with E-state index in [1.165, 1.54) is 17.3 Å². The average molecular weight is 326 g/mol. The van der Waals surface area contributed by atoms with Crippen LogP contribution >= 0.6 is 11.8 Å². The fourth-order valence-corrected chi connectivity index (χ4v) is 3.00. The van der Waals surface area contributed by atoms with Gasteiger partial charge in [-0.1, -0.05) is 54.2 Å². The van der Waals surface area contributed by atoms with Gasteiger partial charge in [0, 0.05) is 18.7 Å². The second kappa shape index (κ2) is 7.83. The Morgan fingerprint density at radius 3 is 2.70 bits per heavy atom. The van der Waals surface area contributed by atoms with Gasteiger partial charge in [0.05, 0.1) is 0 Å². The number of carbonyl (C=O) groups excluding carboxylic acids is 1. The zero-order valence-corrected chi connectivity index (χ0v) is 13.5. The summed E-state index contributed by atoms with van der Waals surface area (Å²) in [5.74, 6) is 0.716. The van der Waals surface area contributed by atoms with Crippen molar-refractivity contribution in [1.82, 2.24) is 10.3 Å². The van der Waals surface area contributed by atoms with Crippen molar-refractivity contribution < 1.29 is 9.21 Å². The number of nitrogens with zero attached hydrogens (tertiary/aromatic N) is 1. The van der Waals surface area contributed by atoms with Gasteiger partial charge in [-0.2, -0.15) is 0 Å². The van der Waals surface area contributed by atoms with Crippen LogP contribution in [-0.2, 0) is 11.2 Å². The molecule has 0 radical (unpaired) electrons. The zero-order chi connectivity index (χ0) is 15.9. The molecule has 1 aromatic heterocycles. The second-order valence-corrected chi connectivity index (χ2v) is 6.18. The van der Waals surface area contributed by atoms with E-state index in [1.54, 1.807) is 0 Å². The Morgan fingerprint density at radius 1 is 1.09 bits per heavy atom. The molecule has 0 bridgehead atoms. The molecule has 0 aliphatic carbocycles. The first-order valence-electron chi connectivity index (χ1n) is 7.60. The summed E-state index contributed by atoms with van der Waals surface area (Å²) in [6.07, 6.45) is 1.31. The summed E-state index contributed by atoms with van der Waals surface area (Å²) in [6, 6.07) is 17.8. The van der Waals surface area contributed by atoms with Crippen LogP contribution in [0.5, 0.6) is 0 Å².